The number of amides is 1. The van der Waals surface area contributed by atoms with Crippen LogP contribution in [0.3, 0.4) is 0 Å². The number of benzene rings is 1. The van der Waals surface area contributed by atoms with Crippen LogP contribution in [0.4, 0.5) is 4.79 Å². The van der Waals surface area contributed by atoms with Gasteiger partial charge in [-0.3, -0.25) is 4.90 Å². The molecule has 1 atom stereocenters. The van der Waals surface area contributed by atoms with Gasteiger partial charge >= 0.3 is 6.09 Å². The van der Waals surface area contributed by atoms with Crippen LogP contribution in [0.25, 0.3) is 11.4 Å². The molecule has 1 aromatic heterocycles. The van der Waals surface area contributed by atoms with Gasteiger partial charge in [0.15, 0.2) is 0 Å². The first kappa shape index (κ1) is 19.9. The standard InChI is InChI=1S/C18H23N3O3.C2H6/c1-12-7-9-13(10-8-12)15-19-16(24-20-15)14-6-5-11-21(14)17(22)23-18(2,3)4;1-2/h7-10,14H,5-6,11H2,1-4H3;1-2H3. The molecule has 1 aliphatic heterocycles. The lowest BCUT2D eigenvalue weighted by Crippen LogP contribution is -2.36. The van der Waals surface area contributed by atoms with Crippen molar-refractivity contribution in [1.29, 1.82) is 0 Å². The van der Waals surface area contributed by atoms with Gasteiger partial charge in [0.25, 0.3) is 0 Å². The number of aryl methyl sites for hydroxylation is 1. The third kappa shape index (κ3) is 4.84. The second kappa shape index (κ2) is 8.34. The molecule has 2 aromatic rings. The minimum absolute atomic E-state index is 0.216. The van der Waals surface area contributed by atoms with E-state index in [1.165, 1.54) is 5.56 Å². The van der Waals surface area contributed by atoms with Gasteiger partial charge in [-0.2, -0.15) is 4.98 Å². The summed E-state index contributed by atoms with van der Waals surface area (Å²) in [4.78, 5) is 18.5. The van der Waals surface area contributed by atoms with Crippen molar-refractivity contribution in [2.75, 3.05) is 6.54 Å². The third-order valence-corrected chi connectivity index (χ3v) is 3.92. The largest absolute Gasteiger partial charge is 0.444 e. The molecule has 3 rings (SSSR count). The van der Waals surface area contributed by atoms with Crippen molar-refractivity contribution >= 4 is 6.09 Å². The maximum atomic E-state index is 12.4. The Bertz CT molecular complexity index is 717. The molecule has 1 aromatic carbocycles. The molecule has 0 saturated carbocycles. The lowest BCUT2D eigenvalue weighted by atomic mass is 10.1. The lowest BCUT2D eigenvalue weighted by molar-refractivity contribution is 0.0199. The van der Waals surface area contributed by atoms with Crippen LogP contribution in [0.2, 0.25) is 0 Å². The highest BCUT2D eigenvalue weighted by molar-refractivity contribution is 5.69. The van der Waals surface area contributed by atoms with E-state index in [2.05, 4.69) is 10.1 Å². The number of carbonyl (C=O) groups is 1. The van der Waals surface area contributed by atoms with E-state index < -0.39 is 5.60 Å². The Morgan fingerprint density at radius 3 is 2.50 bits per heavy atom. The molecule has 0 bridgehead atoms. The predicted molar refractivity (Wildman–Crippen MR) is 101 cm³/mol. The minimum Gasteiger partial charge on any atom is -0.444 e. The highest BCUT2D eigenvalue weighted by atomic mass is 16.6. The summed E-state index contributed by atoms with van der Waals surface area (Å²) in [7, 11) is 0. The number of ether oxygens (including phenoxy) is 1. The van der Waals surface area contributed by atoms with E-state index in [0.717, 1.165) is 18.4 Å². The Labute approximate surface area is 155 Å². The average molecular weight is 359 g/mol. The molecule has 142 valence electrons. The Morgan fingerprint density at radius 2 is 1.88 bits per heavy atom. The second-order valence-corrected chi connectivity index (χ2v) is 7.15. The number of likely N-dealkylation sites (tertiary alicyclic amines) is 1. The van der Waals surface area contributed by atoms with E-state index in [0.29, 0.717) is 18.3 Å². The van der Waals surface area contributed by atoms with Crippen LogP contribution in [0.1, 0.15) is 65.0 Å². The number of hydrogen-bond donors (Lipinski definition) is 0. The topological polar surface area (TPSA) is 68.5 Å². The van der Waals surface area contributed by atoms with Crippen molar-refractivity contribution in [3.8, 4) is 11.4 Å². The first-order chi connectivity index (χ1) is 12.3. The molecular weight excluding hydrogens is 330 g/mol. The Hall–Kier alpha value is -2.37. The normalized spacial score (nSPS) is 16.8. The van der Waals surface area contributed by atoms with Crippen molar-refractivity contribution < 1.29 is 14.1 Å². The lowest BCUT2D eigenvalue weighted by Gasteiger charge is -2.26. The summed E-state index contributed by atoms with van der Waals surface area (Å²) in [5.41, 5.74) is 1.55. The van der Waals surface area contributed by atoms with Crippen LogP contribution < -0.4 is 0 Å². The summed E-state index contributed by atoms with van der Waals surface area (Å²) in [6.45, 7) is 12.2. The molecule has 1 fully saturated rings. The predicted octanol–water partition coefficient (Wildman–Crippen LogP) is 5.14. The summed E-state index contributed by atoms with van der Waals surface area (Å²) < 4.78 is 10.9. The van der Waals surface area contributed by atoms with Gasteiger partial charge in [-0.15, -0.1) is 0 Å². The van der Waals surface area contributed by atoms with Gasteiger partial charge in [-0.25, -0.2) is 4.79 Å². The molecule has 6 nitrogen and oxygen atoms in total. The van der Waals surface area contributed by atoms with Crippen molar-refractivity contribution in [1.82, 2.24) is 15.0 Å². The van der Waals surface area contributed by atoms with E-state index in [4.69, 9.17) is 9.26 Å². The molecule has 0 aliphatic carbocycles. The summed E-state index contributed by atoms with van der Waals surface area (Å²) in [5, 5.41) is 4.06. The maximum absolute atomic E-state index is 12.4. The highest BCUT2D eigenvalue weighted by Crippen LogP contribution is 2.33. The number of carbonyl (C=O) groups excluding carboxylic acids is 1. The minimum atomic E-state index is -0.522. The van der Waals surface area contributed by atoms with E-state index >= 15 is 0 Å². The monoisotopic (exact) mass is 359 g/mol. The summed E-state index contributed by atoms with van der Waals surface area (Å²) in [6, 6.07) is 7.72. The van der Waals surface area contributed by atoms with Crippen LogP contribution in [0, 0.1) is 6.92 Å². The van der Waals surface area contributed by atoms with Gasteiger partial charge < -0.3 is 9.26 Å². The molecule has 1 amide bonds. The van der Waals surface area contributed by atoms with E-state index in [-0.39, 0.29) is 12.1 Å². The Kier molecular flexibility index (Phi) is 6.40. The van der Waals surface area contributed by atoms with Gasteiger partial charge in [0.2, 0.25) is 11.7 Å². The zero-order valence-corrected chi connectivity index (χ0v) is 16.6. The third-order valence-electron chi connectivity index (χ3n) is 3.92. The molecule has 2 heterocycles. The van der Waals surface area contributed by atoms with Crippen molar-refractivity contribution in [3.05, 3.63) is 35.7 Å². The van der Waals surface area contributed by atoms with Crippen molar-refractivity contribution in [2.24, 2.45) is 0 Å². The molecule has 1 unspecified atom stereocenters. The van der Waals surface area contributed by atoms with Crippen LogP contribution >= 0.6 is 0 Å². The van der Waals surface area contributed by atoms with Crippen LogP contribution in [-0.4, -0.2) is 33.3 Å². The zero-order valence-electron chi connectivity index (χ0n) is 16.6. The van der Waals surface area contributed by atoms with Crippen molar-refractivity contribution in [2.45, 2.75) is 66.0 Å². The Morgan fingerprint density at radius 1 is 1.23 bits per heavy atom. The molecule has 1 aliphatic rings. The van der Waals surface area contributed by atoms with Crippen molar-refractivity contribution in [3.63, 3.8) is 0 Å². The number of aromatic nitrogens is 2. The van der Waals surface area contributed by atoms with Gasteiger partial charge in [0, 0.05) is 12.1 Å². The maximum Gasteiger partial charge on any atom is 0.410 e. The summed E-state index contributed by atoms with van der Waals surface area (Å²) in [5.74, 6) is 1.01. The van der Waals surface area contributed by atoms with Gasteiger partial charge in [-0.1, -0.05) is 48.8 Å². The van der Waals surface area contributed by atoms with Crippen LogP contribution in [0.15, 0.2) is 28.8 Å². The molecule has 0 N–H and O–H groups in total. The fraction of sp³-hybridized carbons (Fsp3) is 0.550. The van der Waals surface area contributed by atoms with E-state index in [9.17, 15) is 4.79 Å². The molecule has 0 spiro atoms. The SMILES string of the molecule is CC.Cc1ccc(-c2noc(C3CCCN3C(=O)OC(C)(C)C)n2)cc1. The number of rotatable bonds is 2. The van der Waals surface area contributed by atoms with Crippen LogP contribution in [-0.2, 0) is 4.74 Å². The molecule has 1 saturated heterocycles. The van der Waals surface area contributed by atoms with E-state index in [1.54, 1.807) is 4.90 Å². The Balaban J connectivity index is 0.00000117. The first-order valence-corrected chi connectivity index (χ1v) is 9.24. The second-order valence-electron chi connectivity index (χ2n) is 7.15. The van der Waals surface area contributed by atoms with Crippen LogP contribution in [0.5, 0.6) is 0 Å². The summed E-state index contributed by atoms with van der Waals surface area (Å²) in [6.07, 6.45) is 1.36. The molecule has 26 heavy (non-hydrogen) atoms. The van der Waals surface area contributed by atoms with Gasteiger partial charge in [0.1, 0.15) is 11.6 Å². The first-order valence-electron chi connectivity index (χ1n) is 9.24. The van der Waals surface area contributed by atoms with Gasteiger partial charge in [-0.05, 0) is 40.5 Å². The number of hydrogen-bond acceptors (Lipinski definition) is 5. The van der Waals surface area contributed by atoms with E-state index in [1.807, 2.05) is 65.8 Å². The fourth-order valence-corrected chi connectivity index (χ4v) is 2.75. The smallest absolute Gasteiger partial charge is 0.410 e. The van der Waals surface area contributed by atoms with Gasteiger partial charge in [0.05, 0.1) is 0 Å². The molecule has 6 heteroatoms. The quantitative estimate of drug-likeness (QED) is 0.742. The molecular formula is C20H29N3O3. The average Bonchev–Trinajstić information content (AvgIpc) is 3.25. The summed E-state index contributed by atoms with van der Waals surface area (Å²) >= 11 is 0. The fourth-order valence-electron chi connectivity index (χ4n) is 2.75. The highest BCUT2D eigenvalue weighted by Gasteiger charge is 2.36. The molecule has 0 radical (unpaired) electrons. The number of nitrogens with zero attached hydrogens (tertiary/aromatic N) is 3. The zero-order chi connectivity index (χ0) is 19.3.